The van der Waals surface area contributed by atoms with Gasteiger partial charge in [-0.15, -0.1) is 0 Å². The van der Waals surface area contributed by atoms with E-state index in [1.807, 2.05) is 12.2 Å². The first-order valence-electron chi connectivity index (χ1n) is 38.7. The van der Waals surface area contributed by atoms with Crippen molar-refractivity contribution in [3.8, 4) is 0 Å². The molecule has 0 aliphatic rings. The topological polar surface area (TPSA) is 237 Å². The number of hydrogen-bond donors (Lipinski definition) is 3. The average molecular weight is 1490 g/mol. The minimum atomic E-state index is -5.01. The first-order chi connectivity index (χ1) is 50.7. The molecule has 0 aromatic rings. The number of aliphatic hydroxyl groups is 1. The molecule has 17 nitrogen and oxygen atoms in total. The molecular weight excluding hydrogens is 1350 g/mol. The van der Waals surface area contributed by atoms with Crippen LogP contribution in [0.2, 0.25) is 0 Å². The van der Waals surface area contributed by atoms with E-state index in [4.69, 9.17) is 37.0 Å². The Hall–Kier alpha value is -6.10. The van der Waals surface area contributed by atoms with Gasteiger partial charge in [0.25, 0.3) is 0 Å². The standard InChI is InChI=1S/C85H134O17P2/c1-5-9-13-17-21-25-29-33-36-38-39-41-43-47-50-54-58-62-66-70-83(88)96-76-81(102-85(90)72-68-64-60-56-52-48-44-40-37-34-30-26-22-18-14-10-6-2)78-100-104(93,94)98-74-79(86)73-97-103(91,92)99-77-80(101-84(89)71-67-63-59-55-51-45-32-28-24-20-16-12-8-4)75-95-82(87)69-65-61-57-53-49-46-42-35-31-27-23-19-15-11-7-3/h9-11,13-16,20-23,25-28,32-37,39,41-42,44,47-50,53,56,60,79-81,86H,5-8,12,17-19,24,29-31,38,40,43,45-46,51-52,54-55,57-59,61-78H2,1-4H3,(H,91,92)(H,93,94)/b13-9-,14-10-,15-11-,20-16-,25-21-,26-22-,27-23-,32-28-,36-33-,37-34-,41-39-,42-35-,48-44-,50-47-,53-49-,60-56-. The molecule has 0 spiro atoms. The Morgan fingerprint density at radius 3 is 0.837 bits per heavy atom. The predicted molar refractivity (Wildman–Crippen MR) is 426 cm³/mol. The van der Waals surface area contributed by atoms with E-state index in [2.05, 4.69) is 210 Å². The molecule has 104 heavy (non-hydrogen) atoms. The minimum absolute atomic E-state index is 0.000632. The highest BCUT2D eigenvalue weighted by Gasteiger charge is 2.30. The van der Waals surface area contributed by atoms with E-state index in [0.717, 1.165) is 173 Å². The smallest absolute Gasteiger partial charge is 0.462 e. The maximum Gasteiger partial charge on any atom is 0.472 e. The molecule has 0 aliphatic heterocycles. The number of esters is 4. The molecule has 5 atom stereocenters. The van der Waals surface area contributed by atoms with Crippen molar-refractivity contribution < 1.29 is 80.2 Å². The molecule has 0 heterocycles. The number of hydrogen-bond acceptors (Lipinski definition) is 15. The number of ether oxygens (including phenoxy) is 4. The quantitative estimate of drug-likeness (QED) is 0.0169. The SMILES string of the molecule is CC/C=C\C/C=C\C/C=C\C/C=C\C/C=C\CCCCCC(=O)OCC(COP(=O)(O)OCC(O)COP(=O)(O)OCC(COC(=O)CCCC/C=C\C/C=C\C/C=C\C/C=C\CC)OC(=O)CCCCCCC/C=C\C/C=C\CCC)OC(=O)CCC/C=C\C/C=C\C/C=C\C/C=C\C/C=C\CC. The molecule has 19 heteroatoms. The van der Waals surface area contributed by atoms with E-state index >= 15 is 0 Å². The summed E-state index contributed by atoms with van der Waals surface area (Å²) in [5.41, 5.74) is 0. The molecule has 0 rings (SSSR count). The van der Waals surface area contributed by atoms with Crippen molar-refractivity contribution in [2.24, 2.45) is 0 Å². The van der Waals surface area contributed by atoms with Gasteiger partial charge in [-0.25, -0.2) is 9.13 Å². The first-order valence-corrected chi connectivity index (χ1v) is 41.7. The Bertz CT molecular complexity index is 2740. The maximum atomic E-state index is 13.1. The van der Waals surface area contributed by atoms with Crippen LogP contribution in [0.1, 0.15) is 259 Å². The van der Waals surface area contributed by atoms with E-state index in [1.165, 1.54) is 0 Å². The highest BCUT2D eigenvalue weighted by Crippen LogP contribution is 2.45. The monoisotopic (exact) mass is 1490 g/mol. The van der Waals surface area contributed by atoms with Crippen LogP contribution in [0.3, 0.4) is 0 Å². The number of allylic oxidation sites excluding steroid dienone is 32. The number of unbranched alkanes of at least 4 members (excludes halogenated alkanes) is 12. The summed E-state index contributed by atoms with van der Waals surface area (Å²) >= 11 is 0. The third-order valence-electron chi connectivity index (χ3n) is 15.0. The summed E-state index contributed by atoms with van der Waals surface area (Å²) in [5.74, 6) is -2.37. The lowest BCUT2D eigenvalue weighted by Crippen LogP contribution is -2.30. The average Bonchev–Trinajstić information content (AvgIpc) is 0.911. The lowest BCUT2D eigenvalue weighted by Gasteiger charge is -2.21. The first kappa shape index (κ1) is 97.9. The molecule has 0 saturated carbocycles. The van der Waals surface area contributed by atoms with Gasteiger partial charge in [0.2, 0.25) is 0 Å². The normalized spacial score (nSPS) is 15.0. The second-order valence-electron chi connectivity index (χ2n) is 24.8. The van der Waals surface area contributed by atoms with Gasteiger partial charge >= 0.3 is 39.5 Å². The Kier molecular flexibility index (Phi) is 70.7. The molecule has 0 saturated heterocycles. The number of phosphoric ester groups is 2. The molecule has 0 amide bonds. The predicted octanol–water partition coefficient (Wildman–Crippen LogP) is 22.5. The van der Waals surface area contributed by atoms with Gasteiger partial charge in [0.1, 0.15) is 19.3 Å². The van der Waals surface area contributed by atoms with Crippen molar-refractivity contribution in [1.82, 2.24) is 0 Å². The molecule has 3 N–H and O–H groups in total. The van der Waals surface area contributed by atoms with Crippen LogP contribution in [0.15, 0.2) is 194 Å². The van der Waals surface area contributed by atoms with Crippen molar-refractivity contribution >= 4 is 39.5 Å². The van der Waals surface area contributed by atoms with E-state index in [1.54, 1.807) is 0 Å². The summed E-state index contributed by atoms with van der Waals surface area (Å²) in [5, 5.41) is 10.6. The fourth-order valence-corrected chi connectivity index (χ4v) is 10.8. The molecular formula is C85H134O17P2. The van der Waals surface area contributed by atoms with Crippen LogP contribution in [0.4, 0.5) is 0 Å². The molecule has 0 radical (unpaired) electrons. The fraction of sp³-hybridized carbons (Fsp3) is 0.576. The van der Waals surface area contributed by atoms with Crippen molar-refractivity contribution in [2.45, 2.75) is 277 Å². The Labute approximate surface area is 627 Å². The lowest BCUT2D eigenvalue weighted by atomic mass is 10.1. The second kappa shape index (κ2) is 75.1. The van der Waals surface area contributed by atoms with Crippen LogP contribution in [0, 0.1) is 0 Å². The van der Waals surface area contributed by atoms with Crippen LogP contribution in [0.5, 0.6) is 0 Å². The zero-order valence-corrected chi connectivity index (χ0v) is 65.6. The summed E-state index contributed by atoms with van der Waals surface area (Å²) in [6.45, 7) is 4.25. The van der Waals surface area contributed by atoms with E-state index in [0.29, 0.717) is 32.1 Å². The van der Waals surface area contributed by atoms with Gasteiger partial charge in [0.05, 0.1) is 26.4 Å². The van der Waals surface area contributed by atoms with E-state index in [-0.39, 0.29) is 25.7 Å². The number of rotatable bonds is 70. The zero-order chi connectivity index (χ0) is 76.0. The molecule has 0 aliphatic carbocycles. The highest BCUT2D eigenvalue weighted by molar-refractivity contribution is 7.47. The van der Waals surface area contributed by atoms with Crippen LogP contribution in [0.25, 0.3) is 0 Å². The van der Waals surface area contributed by atoms with Crippen molar-refractivity contribution in [3.05, 3.63) is 194 Å². The summed E-state index contributed by atoms with van der Waals surface area (Å²) in [6.07, 6.45) is 91.5. The van der Waals surface area contributed by atoms with E-state index in [9.17, 15) is 43.2 Å². The zero-order valence-electron chi connectivity index (χ0n) is 63.9. The van der Waals surface area contributed by atoms with Gasteiger partial charge in [0, 0.05) is 25.7 Å². The largest absolute Gasteiger partial charge is 0.472 e. The fourth-order valence-electron chi connectivity index (χ4n) is 9.25. The van der Waals surface area contributed by atoms with Crippen LogP contribution in [-0.4, -0.2) is 96.7 Å². The molecule has 586 valence electrons. The van der Waals surface area contributed by atoms with Gasteiger partial charge in [-0.1, -0.05) is 254 Å². The van der Waals surface area contributed by atoms with Crippen molar-refractivity contribution in [2.75, 3.05) is 39.6 Å². The maximum absolute atomic E-state index is 13.1. The van der Waals surface area contributed by atoms with Crippen molar-refractivity contribution in [1.29, 1.82) is 0 Å². The lowest BCUT2D eigenvalue weighted by molar-refractivity contribution is -0.161. The van der Waals surface area contributed by atoms with Gasteiger partial charge in [-0.05, 0) is 173 Å². The van der Waals surface area contributed by atoms with Gasteiger partial charge in [0.15, 0.2) is 12.2 Å². The summed E-state index contributed by atoms with van der Waals surface area (Å²) in [6, 6.07) is 0. The molecule has 0 aromatic heterocycles. The summed E-state index contributed by atoms with van der Waals surface area (Å²) in [4.78, 5) is 72.9. The van der Waals surface area contributed by atoms with Gasteiger partial charge < -0.3 is 33.8 Å². The molecule has 0 fully saturated rings. The number of carbonyl (C=O) groups excluding carboxylic acids is 4. The summed E-state index contributed by atoms with van der Waals surface area (Å²) in [7, 11) is -10.0. The second-order valence-corrected chi connectivity index (χ2v) is 27.7. The number of phosphoric acid groups is 2. The third kappa shape index (κ3) is 74.2. The number of carbonyl (C=O) groups is 4. The highest BCUT2D eigenvalue weighted by atomic mass is 31.2. The van der Waals surface area contributed by atoms with Crippen LogP contribution in [-0.2, 0) is 65.4 Å². The Morgan fingerprint density at radius 1 is 0.279 bits per heavy atom. The minimum Gasteiger partial charge on any atom is -0.462 e. The van der Waals surface area contributed by atoms with Gasteiger partial charge in [-0.3, -0.25) is 37.3 Å². The van der Waals surface area contributed by atoms with Crippen molar-refractivity contribution in [3.63, 3.8) is 0 Å². The summed E-state index contributed by atoms with van der Waals surface area (Å²) < 4.78 is 68.4. The molecule has 0 bridgehead atoms. The van der Waals surface area contributed by atoms with Gasteiger partial charge in [-0.2, -0.15) is 0 Å². The van der Waals surface area contributed by atoms with Crippen LogP contribution >= 0.6 is 15.6 Å². The third-order valence-corrected chi connectivity index (χ3v) is 16.9. The Balaban J connectivity index is 5.51. The molecule has 0 aromatic carbocycles. The van der Waals surface area contributed by atoms with E-state index < -0.39 is 97.5 Å². The molecule has 5 unspecified atom stereocenters. The Morgan fingerprint density at radius 2 is 0.510 bits per heavy atom. The van der Waals surface area contributed by atoms with Crippen LogP contribution < -0.4 is 0 Å². The number of aliphatic hydroxyl groups excluding tert-OH is 1.